The van der Waals surface area contributed by atoms with E-state index in [1.165, 1.54) is 0 Å². The monoisotopic (exact) mass is 672 g/mol. The van der Waals surface area contributed by atoms with Gasteiger partial charge in [-0.3, -0.25) is 14.7 Å². The van der Waals surface area contributed by atoms with Crippen molar-refractivity contribution >= 4 is 53.4 Å². The Labute approximate surface area is 281 Å². The van der Waals surface area contributed by atoms with Crippen molar-refractivity contribution in [3.8, 4) is 11.5 Å². The van der Waals surface area contributed by atoms with Gasteiger partial charge in [-0.25, -0.2) is 4.79 Å². The summed E-state index contributed by atoms with van der Waals surface area (Å²) >= 11 is 12.6. The summed E-state index contributed by atoms with van der Waals surface area (Å²) in [4.78, 5) is 35.5. The van der Waals surface area contributed by atoms with E-state index in [1.807, 2.05) is 74.5 Å². The maximum absolute atomic E-state index is 14.6. The van der Waals surface area contributed by atoms with Crippen molar-refractivity contribution < 1.29 is 19.1 Å². The highest BCUT2D eigenvalue weighted by Crippen LogP contribution is 2.47. The lowest BCUT2D eigenvalue weighted by Gasteiger charge is -2.36. The van der Waals surface area contributed by atoms with E-state index in [1.54, 1.807) is 9.80 Å². The van der Waals surface area contributed by atoms with Crippen LogP contribution in [-0.4, -0.2) is 60.4 Å². The number of rotatable bonds is 7. The van der Waals surface area contributed by atoms with Gasteiger partial charge in [-0.05, 0) is 66.8 Å². The highest BCUT2D eigenvalue weighted by Gasteiger charge is 2.45. The number of hydrogen-bond acceptors (Lipinski definition) is 5. The number of carbonyl (C=O) groups excluding carboxylic acids is 2. The number of urea groups is 1. The average molecular weight is 674 g/mol. The Bertz CT molecular complexity index is 1560. The van der Waals surface area contributed by atoms with Gasteiger partial charge in [0.2, 0.25) is 5.91 Å². The summed E-state index contributed by atoms with van der Waals surface area (Å²) in [5.41, 5.74) is 3.11. The van der Waals surface area contributed by atoms with Crippen molar-refractivity contribution in [2.24, 2.45) is 4.99 Å². The number of nitrogens with zero attached hydrogens (tertiary/aromatic N) is 3. The molecule has 2 aliphatic rings. The topological polar surface area (TPSA) is 83.5 Å². The third kappa shape index (κ3) is 7.35. The summed E-state index contributed by atoms with van der Waals surface area (Å²) in [5, 5.41) is 4.00. The van der Waals surface area contributed by atoms with Crippen LogP contribution in [0.15, 0.2) is 65.7 Å². The van der Waals surface area contributed by atoms with Gasteiger partial charge < -0.3 is 19.7 Å². The minimum atomic E-state index is -0.548. The summed E-state index contributed by atoms with van der Waals surface area (Å²) < 4.78 is 12.4. The molecule has 3 amide bonds. The minimum absolute atomic E-state index is 0. The molecule has 45 heavy (non-hydrogen) atoms. The Kier molecular flexibility index (Phi) is 10.9. The first-order valence-electron chi connectivity index (χ1n) is 14.9. The quantitative estimate of drug-likeness (QED) is 0.280. The Morgan fingerprint density at radius 1 is 0.933 bits per heavy atom. The molecule has 1 N–H and O–H groups in total. The van der Waals surface area contributed by atoms with E-state index in [-0.39, 0.29) is 36.3 Å². The predicted octanol–water partition coefficient (Wildman–Crippen LogP) is 7.61. The van der Waals surface area contributed by atoms with Crippen LogP contribution >= 0.6 is 35.6 Å². The summed E-state index contributed by atoms with van der Waals surface area (Å²) in [5.74, 6) is 1.53. The lowest BCUT2D eigenvalue weighted by Crippen LogP contribution is -2.55. The number of carbonyl (C=O) groups is 2. The number of hydrogen-bond donors (Lipinski definition) is 1. The number of halogens is 3. The molecule has 0 spiro atoms. The standard InChI is InChI=1S/C34H38Cl2N4O4.ClH/c1-6-43-27-19-26(34(3,4)5)28(44-7-2)18-25(27)32-38-30(21-8-12-23(35)13-9-21)31(22-10-14-24(36)15-11-22)40(32)33(42)39-17-16-37-29(41)20-39;/h8-15,18-19,30-31H,6-7,16-17,20H2,1-5H3,(H,37,41);1H/t30-,31+;/m0./s1. The van der Waals surface area contributed by atoms with Crippen LogP contribution in [0.5, 0.6) is 11.5 Å². The molecule has 0 aliphatic carbocycles. The fourth-order valence-corrected chi connectivity index (χ4v) is 5.93. The van der Waals surface area contributed by atoms with Crippen molar-refractivity contribution in [2.75, 3.05) is 32.8 Å². The minimum Gasteiger partial charge on any atom is -0.494 e. The number of nitrogens with one attached hydrogen (secondary N) is 1. The molecule has 2 atom stereocenters. The van der Waals surface area contributed by atoms with Gasteiger partial charge in [0.05, 0.1) is 24.8 Å². The van der Waals surface area contributed by atoms with Gasteiger partial charge in [-0.1, -0.05) is 68.2 Å². The van der Waals surface area contributed by atoms with Crippen LogP contribution < -0.4 is 14.8 Å². The molecule has 0 radical (unpaired) electrons. The van der Waals surface area contributed by atoms with Crippen LogP contribution in [0.1, 0.15) is 69.0 Å². The molecule has 1 fully saturated rings. The summed E-state index contributed by atoms with van der Waals surface area (Å²) in [6.45, 7) is 11.8. The van der Waals surface area contributed by atoms with Crippen LogP contribution in [0, 0.1) is 0 Å². The van der Waals surface area contributed by atoms with Gasteiger partial charge in [0.15, 0.2) is 0 Å². The van der Waals surface area contributed by atoms with Crippen molar-refractivity contribution in [1.29, 1.82) is 0 Å². The van der Waals surface area contributed by atoms with Crippen molar-refractivity contribution in [2.45, 2.75) is 52.1 Å². The third-order valence-corrected chi connectivity index (χ3v) is 8.24. The van der Waals surface area contributed by atoms with Crippen LogP contribution in [-0.2, 0) is 10.2 Å². The fraction of sp³-hybridized carbons (Fsp3) is 0.382. The van der Waals surface area contributed by atoms with Gasteiger partial charge in [0, 0.05) is 28.7 Å². The molecule has 240 valence electrons. The van der Waals surface area contributed by atoms with Crippen molar-refractivity contribution in [1.82, 2.24) is 15.1 Å². The molecule has 2 heterocycles. The van der Waals surface area contributed by atoms with E-state index >= 15 is 0 Å². The molecule has 5 rings (SSSR count). The van der Waals surface area contributed by atoms with E-state index in [0.717, 1.165) is 16.7 Å². The second-order valence-electron chi connectivity index (χ2n) is 11.8. The molecule has 2 aliphatic heterocycles. The maximum Gasteiger partial charge on any atom is 0.326 e. The molecule has 8 nitrogen and oxygen atoms in total. The van der Waals surface area contributed by atoms with Gasteiger partial charge >= 0.3 is 6.03 Å². The number of benzene rings is 3. The van der Waals surface area contributed by atoms with Crippen LogP contribution in [0.25, 0.3) is 0 Å². The number of aliphatic imine (C=N–C) groups is 1. The molecule has 0 saturated carbocycles. The predicted molar refractivity (Wildman–Crippen MR) is 181 cm³/mol. The van der Waals surface area contributed by atoms with E-state index in [0.29, 0.717) is 59.2 Å². The Morgan fingerprint density at radius 2 is 1.51 bits per heavy atom. The highest BCUT2D eigenvalue weighted by atomic mass is 35.5. The van der Waals surface area contributed by atoms with Gasteiger partial charge in [-0.15, -0.1) is 12.4 Å². The first-order valence-corrected chi connectivity index (χ1v) is 15.7. The normalized spacial score (nSPS) is 18.2. The average Bonchev–Trinajstić information content (AvgIpc) is 3.38. The summed E-state index contributed by atoms with van der Waals surface area (Å²) in [6, 6.07) is 17.5. The molecule has 0 bridgehead atoms. The Morgan fingerprint density at radius 3 is 2.07 bits per heavy atom. The smallest absolute Gasteiger partial charge is 0.326 e. The molecule has 3 aromatic carbocycles. The zero-order chi connectivity index (χ0) is 31.6. The lowest BCUT2D eigenvalue weighted by molar-refractivity contribution is -0.123. The summed E-state index contributed by atoms with van der Waals surface area (Å²) in [6.07, 6.45) is 0. The SMILES string of the molecule is CCOc1cc(C(C)(C)C)c(OCC)cc1C1=N[C@@H](c2ccc(Cl)cc2)[C@@H](c2ccc(Cl)cc2)N1C(=O)N1CCNC(=O)C1.Cl. The molecule has 0 unspecified atom stereocenters. The number of amidine groups is 1. The van der Waals surface area contributed by atoms with E-state index in [9.17, 15) is 9.59 Å². The van der Waals surface area contributed by atoms with Crippen molar-refractivity contribution in [3.63, 3.8) is 0 Å². The van der Waals surface area contributed by atoms with E-state index in [4.69, 9.17) is 37.7 Å². The first kappa shape index (κ1) is 34.4. The molecular formula is C34H39Cl3N4O4. The number of piperazine rings is 1. The van der Waals surface area contributed by atoms with Gasteiger partial charge in [-0.2, -0.15) is 0 Å². The van der Waals surface area contributed by atoms with Crippen molar-refractivity contribution in [3.05, 3.63) is 93.0 Å². The zero-order valence-electron chi connectivity index (χ0n) is 26.1. The fourth-order valence-electron chi connectivity index (χ4n) is 5.68. The summed E-state index contributed by atoms with van der Waals surface area (Å²) in [7, 11) is 0. The second-order valence-corrected chi connectivity index (χ2v) is 12.7. The highest BCUT2D eigenvalue weighted by molar-refractivity contribution is 6.30. The Balaban J connectivity index is 0.00000461. The Hall–Kier alpha value is -3.46. The van der Waals surface area contributed by atoms with Crippen LogP contribution in [0.3, 0.4) is 0 Å². The maximum atomic E-state index is 14.6. The number of ether oxygens (including phenoxy) is 2. The first-order chi connectivity index (χ1) is 21.0. The van der Waals surface area contributed by atoms with Gasteiger partial charge in [0.25, 0.3) is 0 Å². The third-order valence-electron chi connectivity index (χ3n) is 7.74. The molecule has 0 aromatic heterocycles. The molecule has 3 aromatic rings. The van der Waals surface area contributed by atoms with Gasteiger partial charge in [0.1, 0.15) is 29.9 Å². The molecular weight excluding hydrogens is 635 g/mol. The van der Waals surface area contributed by atoms with E-state index in [2.05, 4.69) is 26.1 Å². The zero-order valence-corrected chi connectivity index (χ0v) is 28.4. The molecule has 11 heteroatoms. The second kappa shape index (κ2) is 14.3. The molecule has 1 saturated heterocycles. The van der Waals surface area contributed by atoms with Crippen LogP contribution in [0.2, 0.25) is 10.0 Å². The van der Waals surface area contributed by atoms with Crippen LogP contribution in [0.4, 0.5) is 4.79 Å². The van der Waals surface area contributed by atoms with E-state index < -0.39 is 12.1 Å². The number of amides is 3. The largest absolute Gasteiger partial charge is 0.494 e. The lowest BCUT2D eigenvalue weighted by atomic mass is 9.85.